The van der Waals surface area contributed by atoms with Crippen LogP contribution in [0.25, 0.3) is 0 Å². The number of rotatable bonds is 6. The average Bonchev–Trinajstić information content (AvgIpc) is 3.28. The lowest BCUT2D eigenvalue weighted by molar-refractivity contribution is -0.175. The van der Waals surface area contributed by atoms with E-state index in [4.69, 9.17) is 14.2 Å². The van der Waals surface area contributed by atoms with Crippen LogP contribution in [0.3, 0.4) is 0 Å². The Kier molecular flexibility index (Phi) is 10.4. The van der Waals surface area contributed by atoms with Gasteiger partial charge in [-0.1, -0.05) is 12.8 Å². The molecule has 168 valence electrons. The topological polar surface area (TPSA) is 84.4 Å². The number of carbonyl (C=O) groups excluding carboxylic acids is 1. The number of halogens is 1. The Hall–Kier alpha value is -0.650. The van der Waals surface area contributed by atoms with Crippen LogP contribution in [0.5, 0.6) is 0 Å². The standard InChI is InChI=1S/C20H36N4O4.HI/c1-24(2)18(25)13-23-19(21-11-16-7-10-26-14-16)22-12-17-15-27-20(28-17)8-5-3-4-6-9-20;/h16-17H,3-15H2,1-2H3,(H2,21,22,23);1H. The van der Waals surface area contributed by atoms with Gasteiger partial charge in [0.15, 0.2) is 11.7 Å². The van der Waals surface area contributed by atoms with Gasteiger partial charge in [0.2, 0.25) is 5.91 Å². The summed E-state index contributed by atoms with van der Waals surface area (Å²) in [6.07, 6.45) is 7.91. The van der Waals surface area contributed by atoms with Crippen molar-refractivity contribution < 1.29 is 19.0 Å². The van der Waals surface area contributed by atoms with Gasteiger partial charge in [-0.25, -0.2) is 4.99 Å². The Labute approximate surface area is 191 Å². The van der Waals surface area contributed by atoms with Crippen LogP contribution in [-0.4, -0.2) is 82.2 Å². The molecule has 1 amide bonds. The molecule has 1 spiro atoms. The third-order valence-electron chi connectivity index (χ3n) is 5.73. The molecule has 2 saturated heterocycles. The second kappa shape index (κ2) is 12.3. The first-order valence-corrected chi connectivity index (χ1v) is 10.7. The van der Waals surface area contributed by atoms with Crippen molar-refractivity contribution in [2.75, 3.05) is 53.6 Å². The molecular weight excluding hydrogens is 487 g/mol. The Morgan fingerprint density at radius 1 is 1.10 bits per heavy atom. The minimum Gasteiger partial charge on any atom is -0.381 e. The van der Waals surface area contributed by atoms with Gasteiger partial charge in [-0.05, 0) is 19.3 Å². The minimum absolute atomic E-state index is 0. The lowest BCUT2D eigenvalue weighted by Crippen LogP contribution is -2.44. The van der Waals surface area contributed by atoms with Crippen molar-refractivity contribution in [1.82, 2.24) is 15.5 Å². The van der Waals surface area contributed by atoms with Crippen molar-refractivity contribution in [3.05, 3.63) is 0 Å². The van der Waals surface area contributed by atoms with Gasteiger partial charge >= 0.3 is 0 Å². The summed E-state index contributed by atoms with van der Waals surface area (Å²) in [5.41, 5.74) is 0. The maximum absolute atomic E-state index is 11.9. The molecule has 0 aromatic heterocycles. The fourth-order valence-electron chi connectivity index (χ4n) is 3.90. The lowest BCUT2D eigenvalue weighted by atomic mass is 10.1. The highest BCUT2D eigenvalue weighted by Crippen LogP contribution is 2.36. The van der Waals surface area contributed by atoms with Gasteiger partial charge in [-0.15, -0.1) is 24.0 Å². The van der Waals surface area contributed by atoms with Crippen LogP contribution in [-0.2, 0) is 19.0 Å². The van der Waals surface area contributed by atoms with Crippen LogP contribution in [0, 0.1) is 5.92 Å². The predicted molar refractivity (Wildman–Crippen MR) is 123 cm³/mol. The number of likely N-dealkylation sites (N-methyl/N-ethyl adjacent to an activating group) is 1. The maximum atomic E-state index is 11.9. The molecular formula is C20H37IN4O4. The van der Waals surface area contributed by atoms with E-state index >= 15 is 0 Å². The quantitative estimate of drug-likeness (QED) is 0.313. The number of carbonyl (C=O) groups is 1. The van der Waals surface area contributed by atoms with Gasteiger partial charge in [0.25, 0.3) is 0 Å². The molecule has 2 unspecified atom stereocenters. The SMILES string of the molecule is CN(C)C(=O)CN=C(NCC1CCOC1)NCC1COC2(CCCCCC2)O1.I. The summed E-state index contributed by atoms with van der Waals surface area (Å²) in [6, 6.07) is 0. The Bertz CT molecular complexity index is 533. The zero-order valence-corrected chi connectivity index (χ0v) is 20.1. The van der Waals surface area contributed by atoms with E-state index in [1.807, 2.05) is 0 Å². The van der Waals surface area contributed by atoms with Crippen molar-refractivity contribution >= 4 is 35.8 Å². The summed E-state index contributed by atoms with van der Waals surface area (Å²) in [5, 5.41) is 6.69. The minimum atomic E-state index is -0.379. The van der Waals surface area contributed by atoms with Gasteiger partial charge in [0.05, 0.1) is 13.2 Å². The molecule has 2 heterocycles. The van der Waals surface area contributed by atoms with Crippen LogP contribution in [0.1, 0.15) is 44.9 Å². The highest BCUT2D eigenvalue weighted by atomic mass is 127. The number of nitrogens with zero attached hydrogens (tertiary/aromatic N) is 2. The molecule has 8 nitrogen and oxygen atoms in total. The van der Waals surface area contributed by atoms with Crippen molar-refractivity contribution in [1.29, 1.82) is 0 Å². The fourth-order valence-corrected chi connectivity index (χ4v) is 3.90. The molecule has 0 bridgehead atoms. The van der Waals surface area contributed by atoms with Gasteiger partial charge in [-0.2, -0.15) is 0 Å². The Morgan fingerprint density at radius 2 is 1.83 bits per heavy atom. The van der Waals surface area contributed by atoms with Crippen LogP contribution < -0.4 is 10.6 Å². The van der Waals surface area contributed by atoms with E-state index in [1.54, 1.807) is 19.0 Å². The average molecular weight is 524 g/mol. The zero-order chi connectivity index (χ0) is 19.8. The summed E-state index contributed by atoms with van der Waals surface area (Å²) in [6.45, 7) is 3.72. The van der Waals surface area contributed by atoms with E-state index < -0.39 is 0 Å². The first-order chi connectivity index (χ1) is 13.6. The summed E-state index contributed by atoms with van der Waals surface area (Å²) in [5.74, 6) is 0.725. The number of guanidine groups is 1. The molecule has 0 radical (unpaired) electrons. The molecule has 9 heteroatoms. The van der Waals surface area contributed by atoms with Crippen LogP contribution in [0.4, 0.5) is 0 Å². The molecule has 0 aromatic carbocycles. The van der Waals surface area contributed by atoms with E-state index in [9.17, 15) is 4.79 Å². The number of nitrogens with one attached hydrogen (secondary N) is 2. The van der Waals surface area contributed by atoms with Crippen molar-refractivity contribution in [3.8, 4) is 0 Å². The lowest BCUT2D eigenvalue weighted by Gasteiger charge is -2.26. The molecule has 1 aliphatic carbocycles. The van der Waals surface area contributed by atoms with Crippen LogP contribution in [0.2, 0.25) is 0 Å². The monoisotopic (exact) mass is 524 g/mol. The van der Waals surface area contributed by atoms with Gasteiger partial charge < -0.3 is 29.7 Å². The van der Waals surface area contributed by atoms with E-state index in [0.29, 0.717) is 25.0 Å². The zero-order valence-electron chi connectivity index (χ0n) is 17.8. The normalized spacial score (nSPS) is 26.6. The number of hydrogen-bond donors (Lipinski definition) is 2. The molecule has 0 aromatic rings. The summed E-state index contributed by atoms with van der Waals surface area (Å²) >= 11 is 0. The van der Waals surface area contributed by atoms with Gasteiger partial charge in [0.1, 0.15) is 12.6 Å². The molecule has 3 aliphatic rings. The maximum Gasteiger partial charge on any atom is 0.243 e. The van der Waals surface area contributed by atoms with Crippen molar-refractivity contribution in [2.45, 2.75) is 56.8 Å². The Morgan fingerprint density at radius 3 is 2.48 bits per heavy atom. The third-order valence-corrected chi connectivity index (χ3v) is 5.73. The highest BCUT2D eigenvalue weighted by Gasteiger charge is 2.41. The van der Waals surface area contributed by atoms with Crippen molar-refractivity contribution in [2.24, 2.45) is 10.9 Å². The number of hydrogen-bond acceptors (Lipinski definition) is 5. The van der Waals surface area contributed by atoms with Crippen LogP contribution in [0.15, 0.2) is 4.99 Å². The van der Waals surface area contributed by atoms with Gasteiger partial charge in [-0.3, -0.25) is 4.79 Å². The van der Waals surface area contributed by atoms with E-state index in [0.717, 1.165) is 39.0 Å². The van der Waals surface area contributed by atoms with Gasteiger partial charge in [0, 0.05) is 52.6 Å². The largest absolute Gasteiger partial charge is 0.381 e. The third kappa shape index (κ3) is 7.84. The van der Waals surface area contributed by atoms with Crippen LogP contribution >= 0.6 is 24.0 Å². The molecule has 3 rings (SSSR count). The molecule has 2 atom stereocenters. The molecule has 2 N–H and O–H groups in total. The number of amides is 1. The van der Waals surface area contributed by atoms with Crippen molar-refractivity contribution in [3.63, 3.8) is 0 Å². The highest BCUT2D eigenvalue weighted by molar-refractivity contribution is 14.0. The second-order valence-electron chi connectivity index (χ2n) is 8.32. The number of aliphatic imine (C=N–C) groups is 1. The van der Waals surface area contributed by atoms with E-state index in [-0.39, 0.29) is 48.3 Å². The summed E-state index contributed by atoms with van der Waals surface area (Å²) < 4.78 is 17.8. The van der Waals surface area contributed by atoms with E-state index in [1.165, 1.54) is 25.7 Å². The molecule has 3 fully saturated rings. The fraction of sp³-hybridized carbons (Fsp3) is 0.900. The summed E-state index contributed by atoms with van der Waals surface area (Å²) in [4.78, 5) is 17.9. The first-order valence-electron chi connectivity index (χ1n) is 10.7. The smallest absolute Gasteiger partial charge is 0.243 e. The molecule has 2 aliphatic heterocycles. The molecule has 29 heavy (non-hydrogen) atoms. The summed E-state index contributed by atoms with van der Waals surface area (Å²) in [7, 11) is 3.48. The number of ether oxygens (including phenoxy) is 3. The first kappa shape index (κ1) is 24.6. The molecule has 1 saturated carbocycles. The predicted octanol–water partition coefficient (Wildman–Crippen LogP) is 1.73. The Balaban J connectivity index is 0.00000300. The second-order valence-corrected chi connectivity index (χ2v) is 8.32. The van der Waals surface area contributed by atoms with E-state index in [2.05, 4.69) is 15.6 Å².